The second-order valence-corrected chi connectivity index (χ2v) is 9.03. The van der Waals surface area contributed by atoms with Gasteiger partial charge in [0.1, 0.15) is 5.75 Å². The summed E-state index contributed by atoms with van der Waals surface area (Å²) in [6.07, 6.45) is -2.47. The Hall–Kier alpha value is -0.620. The molecule has 2 N–H and O–H groups in total. The molecule has 3 nitrogen and oxygen atoms in total. The molecule has 1 aliphatic heterocycles. The number of piperazine rings is 1. The van der Waals surface area contributed by atoms with Crippen LogP contribution < -0.4 is 5.32 Å². The molecule has 0 saturated carbocycles. The molecule has 1 aromatic carbocycles. The lowest BCUT2D eigenvalue weighted by atomic mass is 9.77. The van der Waals surface area contributed by atoms with E-state index in [0.29, 0.717) is 18.7 Å². The topological polar surface area (TPSA) is 35.5 Å². The van der Waals surface area contributed by atoms with Crippen molar-refractivity contribution < 1.29 is 13.9 Å². The lowest BCUT2D eigenvalue weighted by Crippen LogP contribution is -2.47. The summed E-state index contributed by atoms with van der Waals surface area (Å²) in [5, 5.41) is 14.0. The van der Waals surface area contributed by atoms with Crippen molar-refractivity contribution in [1.29, 1.82) is 0 Å². The van der Waals surface area contributed by atoms with Crippen molar-refractivity contribution in [2.24, 2.45) is 0 Å². The predicted molar refractivity (Wildman–Crippen MR) is 113 cm³/mol. The fourth-order valence-electron chi connectivity index (χ4n) is 3.45. The van der Waals surface area contributed by atoms with Gasteiger partial charge in [0.05, 0.1) is 6.04 Å². The van der Waals surface area contributed by atoms with E-state index in [1.807, 2.05) is 46.4 Å². The van der Waals surface area contributed by atoms with Crippen molar-refractivity contribution in [2.75, 3.05) is 26.2 Å². The summed E-state index contributed by atoms with van der Waals surface area (Å²) in [5.41, 5.74) is 1.42. The van der Waals surface area contributed by atoms with Gasteiger partial charge in [0.25, 0.3) is 6.43 Å². The first-order valence-electron chi connectivity index (χ1n) is 9.03. The Bertz CT molecular complexity index is 572. The van der Waals surface area contributed by atoms with Gasteiger partial charge in [-0.25, -0.2) is 8.78 Å². The van der Waals surface area contributed by atoms with E-state index < -0.39 is 12.5 Å². The molecule has 0 amide bonds. The first kappa shape index (κ1) is 26.4. The first-order chi connectivity index (χ1) is 11.4. The summed E-state index contributed by atoms with van der Waals surface area (Å²) >= 11 is 0. The molecule has 1 heterocycles. The summed E-state index contributed by atoms with van der Waals surface area (Å²) in [6, 6.07) is 2.62. The molecule has 2 rings (SSSR count). The number of halogens is 4. The number of nitrogens with zero attached hydrogens (tertiary/aromatic N) is 1. The van der Waals surface area contributed by atoms with E-state index in [9.17, 15) is 13.9 Å². The summed E-state index contributed by atoms with van der Waals surface area (Å²) in [7, 11) is 0. The Morgan fingerprint density at radius 2 is 1.33 bits per heavy atom. The molecular weight excluding hydrogens is 393 g/mol. The molecule has 1 atom stereocenters. The number of aromatic hydroxyl groups is 1. The average Bonchev–Trinajstić information content (AvgIpc) is 2.47. The summed E-state index contributed by atoms with van der Waals surface area (Å²) < 4.78 is 28.0. The number of phenols is 1. The fourth-order valence-corrected chi connectivity index (χ4v) is 3.45. The van der Waals surface area contributed by atoms with E-state index in [1.165, 1.54) is 0 Å². The van der Waals surface area contributed by atoms with E-state index in [4.69, 9.17) is 0 Å². The number of nitrogens with one attached hydrogen (secondary N) is 1. The number of hydrogen-bond donors (Lipinski definition) is 2. The van der Waals surface area contributed by atoms with Crippen LogP contribution >= 0.6 is 24.8 Å². The summed E-state index contributed by atoms with van der Waals surface area (Å²) in [4.78, 5) is 1.85. The molecule has 0 unspecified atom stereocenters. The Morgan fingerprint density at radius 1 is 0.926 bits per heavy atom. The molecule has 0 radical (unpaired) electrons. The van der Waals surface area contributed by atoms with Gasteiger partial charge in [-0.3, -0.25) is 4.90 Å². The first-order valence-corrected chi connectivity index (χ1v) is 9.03. The van der Waals surface area contributed by atoms with Crippen molar-refractivity contribution in [2.45, 2.75) is 64.8 Å². The van der Waals surface area contributed by atoms with Crippen LogP contribution in [-0.2, 0) is 10.8 Å². The number of rotatable bonds is 3. The molecule has 0 aliphatic carbocycles. The molecule has 1 aliphatic rings. The lowest BCUT2D eigenvalue weighted by Gasteiger charge is -2.36. The van der Waals surface area contributed by atoms with E-state index >= 15 is 0 Å². The van der Waals surface area contributed by atoms with E-state index in [1.54, 1.807) is 12.1 Å². The highest BCUT2D eigenvalue weighted by atomic mass is 35.5. The molecule has 7 heteroatoms. The second kappa shape index (κ2) is 9.73. The van der Waals surface area contributed by atoms with E-state index in [2.05, 4.69) is 5.32 Å². The minimum absolute atomic E-state index is 0. The van der Waals surface area contributed by atoms with Gasteiger partial charge in [-0.2, -0.15) is 0 Å². The van der Waals surface area contributed by atoms with Crippen LogP contribution in [0.4, 0.5) is 8.78 Å². The zero-order chi connectivity index (χ0) is 19.0. The van der Waals surface area contributed by atoms with Crippen LogP contribution in [0.25, 0.3) is 0 Å². The van der Waals surface area contributed by atoms with Crippen molar-refractivity contribution in [3.05, 3.63) is 28.8 Å². The Morgan fingerprint density at radius 3 is 1.67 bits per heavy atom. The van der Waals surface area contributed by atoms with Gasteiger partial charge >= 0.3 is 0 Å². The maximum atomic E-state index is 14.0. The summed E-state index contributed by atoms with van der Waals surface area (Å²) in [5.74, 6) is 0.233. The van der Waals surface area contributed by atoms with E-state index in [-0.39, 0.29) is 41.4 Å². The van der Waals surface area contributed by atoms with Gasteiger partial charge in [-0.05, 0) is 39.7 Å². The molecule has 1 aromatic rings. The quantitative estimate of drug-likeness (QED) is 0.709. The maximum Gasteiger partial charge on any atom is 0.258 e. The highest BCUT2D eigenvalue weighted by molar-refractivity contribution is 5.85. The largest absolute Gasteiger partial charge is 0.507 e. The maximum absolute atomic E-state index is 14.0. The average molecular weight is 427 g/mol. The third kappa shape index (κ3) is 6.18. The lowest BCUT2D eigenvalue weighted by molar-refractivity contribution is 0.0180. The highest BCUT2D eigenvalue weighted by Gasteiger charge is 2.34. The van der Waals surface area contributed by atoms with Crippen LogP contribution in [0.1, 0.15) is 64.3 Å². The molecule has 0 bridgehead atoms. The van der Waals surface area contributed by atoms with Crippen LogP contribution in [0.3, 0.4) is 0 Å². The van der Waals surface area contributed by atoms with Gasteiger partial charge in [-0.1, -0.05) is 41.5 Å². The normalized spacial score (nSPS) is 17.2. The predicted octanol–water partition coefficient (Wildman–Crippen LogP) is 5.04. The fraction of sp³-hybridized carbons (Fsp3) is 0.700. The zero-order valence-electron chi connectivity index (χ0n) is 17.1. The van der Waals surface area contributed by atoms with Gasteiger partial charge in [0, 0.05) is 26.2 Å². The van der Waals surface area contributed by atoms with Crippen LogP contribution in [0.15, 0.2) is 12.1 Å². The molecule has 27 heavy (non-hydrogen) atoms. The molecular formula is C20H34Cl2F2N2O. The number of alkyl halides is 2. The van der Waals surface area contributed by atoms with Crippen LogP contribution in [0.2, 0.25) is 0 Å². The van der Waals surface area contributed by atoms with E-state index in [0.717, 1.165) is 24.2 Å². The molecule has 1 saturated heterocycles. The van der Waals surface area contributed by atoms with Crippen molar-refractivity contribution in [1.82, 2.24) is 10.2 Å². The standard InChI is InChI=1S/C20H32F2N2O.2ClH/c1-19(2,3)14-11-13(12-15(17(14)25)20(4,5)6)16(18(21)22)24-9-7-23-8-10-24;;/h11-12,16,18,23,25H,7-10H2,1-6H3;2*1H/t16-;;/m0../s1. The van der Waals surface area contributed by atoms with Crippen LogP contribution in [0, 0.1) is 0 Å². The molecule has 0 spiro atoms. The van der Waals surface area contributed by atoms with Crippen LogP contribution in [0.5, 0.6) is 5.75 Å². The summed E-state index contributed by atoms with van der Waals surface area (Å²) in [6.45, 7) is 14.7. The van der Waals surface area contributed by atoms with Gasteiger partial charge in [-0.15, -0.1) is 24.8 Å². The third-order valence-corrected chi connectivity index (χ3v) is 4.87. The minimum Gasteiger partial charge on any atom is -0.507 e. The number of hydrogen-bond acceptors (Lipinski definition) is 3. The minimum atomic E-state index is -2.47. The Balaban J connectivity index is 0.00000338. The zero-order valence-corrected chi connectivity index (χ0v) is 18.7. The van der Waals surface area contributed by atoms with Crippen molar-refractivity contribution in [3.8, 4) is 5.75 Å². The Kier molecular flexibility index (Phi) is 9.50. The SMILES string of the molecule is CC(C)(C)c1cc([C@@H](C(F)F)N2CCNCC2)cc(C(C)(C)C)c1O.Cl.Cl. The molecule has 0 aromatic heterocycles. The van der Waals surface area contributed by atoms with Crippen molar-refractivity contribution >= 4 is 24.8 Å². The number of benzene rings is 1. The van der Waals surface area contributed by atoms with Crippen LogP contribution in [-0.4, -0.2) is 42.6 Å². The second-order valence-electron chi connectivity index (χ2n) is 9.03. The third-order valence-electron chi connectivity index (χ3n) is 4.87. The number of phenolic OH excluding ortho intramolecular Hbond substituents is 1. The highest BCUT2D eigenvalue weighted by Crippen LogP contribution is 2.42. The van der Waals surface area contributed by atoms with Crippen molar-refractivity contribution in [3.63, 3.8) is 0 Å². The monoisotopic (exact) mass is 426 g/mol. The molecule has 1 fully saturated rings. The smallest absolute Gasteiger partial charge is 0.258 e. The molecule has 158 valence electrons. The van der Waals surface area contributed by atoms with Gasteiger partial charge in [0.15, 0.2) is 0 Å². The Labute approximate surface area is 174 Å². The van der Waals surface area contributed by atoms with Gasteiger partial charge < -0.3 is 10.4 Å². The van der Waals surface area contributed by atoms with Gasteiger partial charge in [0.2, 0.25) is 0 Å².